The van der Waals surface area contributed by atoms with Gasteiger partial charge in [0.25, 0.3) is 0 Å². The van der Waals surface area contributed by atoms with Gasteiger partial charge in [-0.1, -0.05) is 20.3 Å². The van der Waals surface area contributed by atoms with Gasteiger partial charge in [-0.2, -0.15) is 0 Å². The molecule has 7 atom stereocenters. The van der Waals surface area contributed by atoms with Crippen LogP contribution in [0.2, 0.25) is 0 Å². The summed E-state index contributed by atoms with van der Waals surface area (Å²) in [5, 5.41) is 33.3. The highest BCUT2D eigenvalue weighted by Crippen LogP contribution is 2.33. The number of carboxylic acid groups (broad SMARTS) is 1. The lowest BCUT2D eigenvalue weighted by atomic mass is 9.98. The number of methoxy groups -OCH3 is 1. The van der Waals surface area contributed by atoms with Gasteiger partial charge >= 0.3 is 5.97 Å². The Hall–Kier alpha value is -5.41. The maximum atomic E-state index is 13.9. The van der Waals surface area contributed by atoms with Gasteiger partial charge in [-0.15, -0.1) is 11.8 Å². The maximum absolute atomic E-state index is 13.9. The normalized spacial score (nSPS) is 24.2. The molecule has 7 amide bonds. The number of likely N-dealkylation sites (tertiary alicyclic amines) is 1. The minimum atomic E-state index is -1.67. The Bertz CT molecular complexity index is 1820. The minimum Gasteiger partial charge on any atom is -0.497 e. The van der Waals surface area contributed by atoms with Crippen LogP contribution in [0.25, 0.3) is 10.9 Å². The Morgan fingerprint density at radius 2 is 1.75 bits per heavy atom. The molecule has 1 aromatic carbocycles. The molecule has 0 saturated carbocycles. The molecule has 1 saturated heterocycles. The number of aliphatic carboxylic acids is 1. The van der Waals surface area contributed by atoms with Crippen molar-refractivity contribution in [1.82, 2.24) is 36.5 Å². The summed E-state index contributed by atoms with van der Waals surface area (Å²) in [5.74, 6) is -7.29. The summed E-state index contributed by atoms with van der Waals surface area (Å²) in [6.45, 7) is 2.04. The number of thioether (sulfide) groups is 1. The van der Waals surface area contributed by atoms with Crippen LogP contribution in [0.4, 0.5) is 0 Å². The van der Waals surface area contributed by atoms with E-state index in [0.717, 1.165) is 16.7 Å². The molecule has 12 N–H and O–H groups in total. The zero-order chi connectivity index (χ0) is 40.6. The van der Waals surface area contributed by atoms with Gasteiger partial charge in [-0.25, -0.2) is 4.79 Å². The second-order valence-corrected chi connectivity index (χ2v) is 14.4. The summed E-state index contributed by atoms with van der Waals surface area (Å²) < 4.78 is 5.35. The number of benzene rings is 1. The monoisotopic (exact) mass is 789 g/mol. The molecule has 0 unspecified atom stereocenters. The number of rotatable bonds is 9. The number of amides is 7. The molecule has 0 bridgehead atoms. The predicted molar refractivity (Wildman–Crippen MR) is 196 cm³/mol. The average Bonchev–Trinajstić information content (AvgIpc) is 3.71. The number of H-pyrrole nitrogens is 1. The first-order chi connectivity index (χ1) is 26.0. The molecular formula is C34H47N9O11S. The van der Waals surface area contributed by atoms with Gasteiger partial charge in [0.05, 0.1) is 49.3 Å². The quantitative estimate of drug-likeness (QED) is 0.120. The van der Waals surface area contributed by atoms with Crippen LogP contribution >= 0.6 is 11.8 Å². The van der Waals surface area contributed by atoms with Crippen molar-refractivity contribution in [2.45, 2.75) is 80.9 Å². The molecular weight excluding hydrogens is 742 g/mol. The second-order valence-electron chi connectivity index (χ2n) is 13.4. The zero-order valence-electron chi connectivity index (χ0n) is 30.5. The third-order valence-electron chi connectivity index (χ3n) is 9.41. The van der Waals surface area contributed by atoms with Gasteiger partial charge < -0.3 is 62.9 Å². The third-order valence-corrected chi connectivity index (χ3v) is 10.5. The van der Waals surface area contributed by atoms with Gasteiger partial charge in [0.1, 0.15) is 29.9 Å². The fraction of sp³-hybridized carbons (Fsp3) is 0.529. The lowest BCUT2D eigenvalue weighted by Gasteiger charge is -2.28. The number of carboxylic acids is 1. The van der Waals surface area contributed by atoms with Crippen LogP contribution in [0.1, 0.15) is 38.7 Å². The van der Waals surface area contributed by atoms with E-state index in [1.807, 2.05) is 0 Å². The van der Waals surface area contributed by atoms with Crippen molar-refractivity contribution < 1.29 is 53.3 Å². The predicted octanol–water partition coefficient (Wildman–Crippen LogP) is -3.19. The van der Waals surface area contributed by atoms with Crippen LogP contribution in [-0.4, -0.2) is 136 Å². The van der Waals surface area contributed by atoms with Gasteiger partial charge in [-0.3, -0.25) is 33.6 Å². The van der Waals surface area contributed by atoms with Gasteiger partial charge in [-0.05, 0) is 30.0 Å². The van der Waals surface area contributed by atoms with Crippen molar-refractivity contribution in [2.24, 2.45) is 17.4 Å². The zero-order valence-corrected chi connectivity index (χ0v) is 31.3. The fourth-order valence-electron chi connectivity index (χ4n) is 6.24. The number of β-amino-alcohol motifs (C(OH)–C–C–N with tert-alkyl or cyclic N) is 1. The van der Waals surface area contributed by atoms with Crippen molar-refractivity contribution in [3.63, 3.8) is 0 Å². The number of primary amides is 1. The number of fused-ring (bicyclic) bond motifs is 3. The van der Waals surface area contributed by atoms with Crippen molar-refractivity contribution in [1.29, 1.82) is 0 Å². The fourth-order valence-corrected chi connectivity index (χ4v) is 7.36. The SMILES string of the molecule is CC[C@H](C)[C@@H]1NC(=O)CNC(=O)[C@H](N)Cc2c([nH]c3cc(OC)ccc23)SC[C@H](C(=O)N[C@@H](CC(N)=O)C(=O)N2C[C@H](O)C[C@H]2C(=O)O)NC(=O)CNC1=O. The molecule has 4 rings (SSSR count). The van der Waals surface area contributed by atoms with E-state index in [1.54, 1.807) is 32.0 Å². The molecule has 2 aromatic rings. The Morgan fingerprint density at radius 3 is 2.38 bits per heavy atom. The number of hydrogen-bond acceptors (Lipinski definition) is 12. The summed E-state index contributed by atoms with van der Waals surface area (Å²) in [6, 6.07) is -1.64. The number of nitrogens with two attached hydrogens (primary N) is 2. The van der Waals surface area contributed by atoms with E-state index in [-0.39, 0.29) is 31.1 Å². The number of aromatic amines is 1. The van der Waals surface area contributed by atoms with Crippen LogP contribution in [0.15, 0.2) is 23.2 Å². The van der Waals surface area contributed by atoms with E-state index in [9.17, 15) is 48.6 Å². The van der Waals surface area contributed by atoms with E-state index in [4.69, 9.17) is 16.2 Å². The number of hydrogen-bond donors (Lipinski definition) is 10. The molecule has 20 nitrogen and oxygen atoms in total. The molecule has 1 aromatic heterocycles. The maximum Gasteiger partial charge on any atom is 0.326 e. The molecule has 21 heteroatoms. The first-order valence-electron chi connectivity index (χ1n) is 17.5. The third kappa shape index (κ3) is 10.9. The highest BCUT2D eigenvalue weighted by molar-refractivity contribution is 7.99. The lowest BCUT2D eigenvalue weighted by molar-refractivity contribution is -0.149. The Morgan fingerprint density at radius 1 is 1.07 bits per heavy atom. The van der Waals surface area contributed by atoms with Crippen LogP contribution in [0.3, 0.4) is 0 Å². The second kappa shape index (κ2) is 18.8. The topological polar surface area (TPSA) is 317 Å². The van der Waals surface area contributed by atoms with E-state index in [2.05, 4.69) is 31.6 Å². The number of aliphatic hydroxyl groups is 1. The van der Waals surface area contributed by atoms with Crippen LogP contribution in [0.5, 0.6) is 5.75 Å². The summed E-state index contributed by atoms with van der Waals surface area (Å²) in [5.41, 5.74) is 12.9. The molecule has 0 radical (unpaired) electrons. The summed E-state index contributed by atoms with van der Waals surface area (Å²) >= 11 is 1.05. The number of nitrogens with zero attached hydrogens (tertiary/aromatic N) is 1. The Labute approximate surface area is 319 Å². The molecule has 0 spiro atoms. The molecule has 0 aliphatic carbocycles. The van der Waals surface area contributed by atoms with Gasteiger partial charge in [0.15, 0.2) is 0 Å². The van der Waals surface area contributed by atoms with E-state index in [1.165, 1.54) is 7.11 Å². The van der Waals surface area contributed by atoms with Crippen LogP contribution < -0.4 is 42.8 Å². The van der Waals surface area contributed by atoms with E-state index in [0.29, 0.717) is 33.7 Å². The van der Waals surface area contributed by atoms with Gasteiger partial charge in [0.2, 0.25) is 41.4 Å². The van der Waals surface area contributed by atoms with E-state index >= 15 is 0 Å². The molecule has 3 heterocycles. The average molecular weight is 790 g/mol. The molecule has 300 valence electrons. The lowest BCUT2D eigenvalue weighted by Crippen LogP contribution is -2.58. The molecule has 1 fully saturated rings. The number of carbonyl (C=O) groups excluding carboxylic acids is 7. The minimum absolute atomic E-state index is 0.0369. The Balaban J connectivity index is 1.70. The van der Waals surface area contributed by atoms with Crippen molar-refractivity contribution >= 4 is 70.0 Å². The van der Waals surface area contributed by atoms with Crippen molar-refractivity contribution in [3.8, 4) is 5.75 Å². The Kier molecular flexibility index (Phi) is 14.4. The highest BCUT2D eigenvalue weighted by Gasteiger charge is 2.42. The highest BCUT2D eigenvalue weighted by atomic mass is 32.2. The summed E-state index contributed by atoms with van der Waals surface area (Å²) in [4.78, 5) is 108. The first kappa shape index (κ1) is 42.3. The first-order valence-corrected chi connectivity index (χ1v) is 18.5. The van der Waals surface area contributed by atoms with E-state index < -0.39 is 103 Å². The van der Waals surface area contributed by atoms with Crippen molar-refractivity contribution in [2.75, 3.05) is 32.5 Å². The number of nitrogens with one attached hydrogen (secondary N) is 6. The van der Waals surface area contributed by atoms with Crippen molar-refractivity contribution in [3.05, 3.63) is 23.8 Å². The summed E-state index contributed by atoms with van der Waals surface area (Å²) in [6.07, 6.45) is -1.74. The number of ether oxygens (including phenoxy) is 1. The molecule has 55 heavy (non-hydrogen) atoms. The van der Waals surface area contributed by atoms with Crippen LogP contribution in [0, 0.1) is 5.92 Å². The summed E-state index contributed by atoms with van der Waals surface area (Å²) in [7, 11) is 1.48. The number of aromatic nitrogens is 1. The largest absolute Gasteiger partial charge is 0.497 e. The molecule has 2 aliphatic rings. The number of carbonyl (C=O) groups is 8. The van der Waals surface area contributed by atoms with Crippen LogP contribution in [-0.2, 0) is 44.8 Å². The molecule has 2 aliphatic heterocycles. The smallest absolute Gasteiger partial charge is 0.326 e. The standard InChI is InChI=1S/C34H47N9O11S/c1-4-15(2)28-31(50)38-11-26(46)39-23(30(49)40-22(10-25(36)45)33(51)43-13-16(44)7-24(43)34(52)53)14-55-32-19(9-20(35)29(48)37-12-27(47)42-28)18-6-5-17(54-3)8-21(18)41-32/h5-6,8,15-16,20,22-24,28,41,44H,4,7,9-14,35H2,1-3H3,(H2,36,45)(H,37,48)(H,38,50)(H,39,46)(H,40,49)(H,42,47)(H,52,53)/t15-,16+,20+,22-,23+,24-,28-/m0/s1. The van der Waals surface area contributed by atoms with Gasteiger partial charge in [0, 0.05) is 30.2 Å². The number of aliphatic hydroxyl groups excluding tert-OH is 1.